The molecule has 1 aliphatic heterocycles. The second-order valence-electron chi connectivity index (χ2n) is 4.87. The number of nitrogens with zero attached hydrogens (tertiary/aromatic N) is 2. The molecule has 3 nitrogen and oxygen atoms in total. The van der Waals surface area contributed by atoms with Crippen molar-refractivity contribution in [1.82, 2.24) is 10.2 Å². The summed E-state index contributed by atoms with van der Waals surface area (Å²) in [5, 5.41) is 12.4. The van der Waals surface area contributed by atoms with Crippen molar-refractivity contribution >= 4 is 11.3 Å². The van der Waals surface area contributed by atoms with Crippen LogP contribution in [0.25, 0.3) is 0 Å². The lowest BCUT2D eigenvalue weighted by Gasteiger charge is -2.32. The molecule has 2 rings (SSSR count). The Kier molecular flexibility index (Phi) is 5.18. The van der Waals surface area contributed by atoms with E-state index in [-0.39, 0.29) is 0 Å². The van der Waals surface area contributed by atoms with Gasteiger partial charge in [-0.25, -0.2) is 0 Å². The summed E-state index contributed by atoms with van der Waals surface area (Å²) < 4.78 is 0. The van der Waals surface area contributed by atoms with Gasteiger partial charge in [-0.1, -0.05) is 6.92 Å². The lowest BCUT2D eigenvalue weighted by molar-refractivity contribution is 0.197. The Morgan fingerprint density at radius 3 is 2.83 bits per heavy atom. The van der Waals surface area contributed by atoms with E-state index in [1.165, 1.54) is 43.8 Å². The molecule has 0 radical (unpaired) electrons. The molecule has 1 fully saturated rings. The molecular weight excluding hydrogens is 242 g/mol. The van der Waals surface area contributed by atoms with Crippen LogP contribution in [0.1, 0.15) is 35.9 Å². The van der Waals surface area contributed by atoms with E-state index in [2.05, 4.69) is 29.3 Å². The number of hydrogen-bond acceptors (Lipinski definition) is 4. The van der Waals surface area contributed by atoms with Crippen LogP contribution < -0.4 is 5.32 Å². The van der Waals surface area contributed by atoms with Gasteiger partial charge in [-0.15, -0.1) is 11.3 Å². The zero-order chi connectivity index (χ0) is 12.8. The lowest BCUT2D eigenvalue weighted by atomic mass is 10.0. The fourth-order valence-electron chi connectivity index (χ4n) is 2.45. The summed E-state index contributed by atoms with van der Waals surface area (Å²) in [5.74, 6) is 0. The summed E-state index contributed by atoms with van der Waals surface area (Å²) in [7, 11) is 0. The van der Waals surface area contributed by atoms with Gasteiger partial charge in [0.25, 0.3) is 0 Å². The Hall–Kier alpha value is -0.890. The first-order valence-electron chi connectivity index (χ1n) is 6.76. The monoisotopic (exact) mass is 263 g/mol. The first kappa shape index (κ1) is 13.5. The van der Waals surface area contributed by atoms with Crippen molar-refractivity contribution in [3.05, 3.63) is 21.9 Å². The molecule has 4 heteroatoms. The van der Waals surface area contributed by atoms with Gasteiger partial charge in [0.2, 0.25) is 0 Å². The van der Waals surface area contributed by atoms with Crippen molar-refractivity contribution in [1.29, 1.82) is 5.26 Å². The Bertz CT molecular complexity index is 399. The summed E-state index contributed by atoms with van der Waals surface area (Å²) in [6.07, 6.45) is 3.75. The summed E-state index contributed by atoms with van der Waals surface area (Å²) >= 11 is 1.60. The van der Waals surface area contributed by atoms with Gasteiger partial charge in [-0.3, -0.25) is 0 Å². The molecule has 0 spiro atoms. The predicted octanol–water partition coefficient (Wildman–Crippen LogP) is 2.58. The molecule has 1 aliphatic rings. The molecule has 1 saturated heterocycles. The Labute approximate surface area is 113 Å². The molecule has 0 bridgehead atoms. The normalized spacial score (nSPS) is 17.8. The molecule has 0 unspecified atom stereocenters. The van der Waals surface area contributed by atoms with Crippen LogP contribution in [0.5, 0.6) is 0 Å². The third kappa shape index (κ3) is 3.81. The Balaban J connectivity index is 1.70. The van der Waals surface area contributed by atoms with Gasteiger partial charge in [-0.05, 0) is 51.0 Å². The van der Waals surface area contributed by atoms with Crippen LogP contribution in [0.15, 0.2) is 12.1 Å². The third-order valence-corrected chi connectivity index (χ3v) is 4.45. The highest BCUT2D eigenvalue weighted by Gasteiger charge is 2.17. The van der Waals surface area contributed by atoms with E-state index < -0.39 is 0 Å². The largest absolute Gasteiger partial charge is 0.309 e. The summed E-state index contributed by atoms with van der Waals surface area (Å²) in [5.41, 5.74) is 0. The van der Waals surface area contributed by atoms with Crippen molar-refractivity contribution in [3.63, 3.8) is 0 Å². The van der Waals surface area contributed by atoms with Crippen molar-refractivity contribution < 1.29 is 0 Å². The first-order chi connectivity index (χ1) is 8.81. The smallest absolute Gasteiger partial charge is 0.110 e. The van der Waals surface area contributed by atoms with E-state index in [9.17, 15) is 0 Å². The lowest BCUT2D eigenvalue weighted by Crippen LogP contribution is -2.42. The van der Waals surface area contributed by atoms with Crippen molar-refractivity contribution in [2.45, 2.75) is 38.8 Å². The second kappa shape index (κ2) is 6.89. The highest BCUT2D eigenvalue weighted by Crippen LogP contribution is 2.16. The zero-order valence-electron chi connectivity index (χ0n) is 11.0. The van der Waals surface area contributed by atoms with E-state index in [1.807, 2.05) is 6.07 Å². The number of rotatable bonds is 5. The highest BCUT2D eigenvalue weighted by molar-refractivity contribution is 7.12. The number of thiophene rings is 1. The topological polar surface area (TPSA) is 39.1 Å². The predicted molar refractivity (Wildman–Crippen MR) is 75.6 cm³/mol. The van der Waals surface area contributed by atoms with Gasteiger partial charge < -0.3 is 10.2 Å². The molecule has 0 amide bonds. The van der Waals surface area contributed by atoms with E-state index in [1.54, 1.807) is 11.3 Å². The third-order valence-electron chi connectivity index (χ3n) is 3.46. The zero-order valence-corrected chi connectivity index (χ0v) is 11.8. The maximum Gasteiger partial charge on any atom is 0.110 e. The average Bonchev–Trinajstić information content (AvgIpc) is 2.86. The van der Waals surface area contributed by atoms with Crippen molar-refractivity contribution in [3.8, 4) is 6.07 Å². The average molecular weight is 263 g/mol. The van der Waals surface area contributed by atoms with Crippen LogP contribution in [0, 0.1) is 11.3 Å². The van der Waals surface area contributed by atoms with E-state index in [4.69, 9.17) is 5.26 Å². The molecule has 1 aromatic rings. The maximum absolute atomic E-state index is 8.78. The number of piperidine rings is 1. The molecule has 98 valence electrons. The number of nitrogens with one attached hydrogen (secondary N) is 1. The van der Waals surface area contributed by atoms with Gasteiger partial charge in [0.1, 0.15) is 10.9 Å². The molecule has 0 aromatic carbocycles. The van der Waals surface area contributed by atoms with Crippen LogP contribution in [-0.4, -0.2) is 30.6 Å². The van der Waals surface area contributed by atoms with E-state index in [0.717, 1.165) is 11.4 Å². The second-order valence-corrected chi connectivity index (χ2v) is 6.04. The van der Waals surface area contributed by atoms with Crippen LogP contribution in [0.3, 0.4) is 0 Å². The molecule has 18 heavy (non-hydrogen) atoms. The minimum atomic E-state index is 0.644. The van der Waals surface area contributed by atoms with Gasteiger partial charge in [-0.2, -0.15) is 5.26 Å². The SMILES string of the molecule is CCCN1CCC(NCc2ccc(C#N)s2)CC1. The molecule has 0 aliphatic carbocycles. The summed E-state index contributed by atoms with van der Waals surface area (Å²) in [4.78, 5) is 4.63. The van der Waals surface area contributed by atoms with Crippen LogP contribution in [-0.2, 0) is 6.54 Å². The fourth-order valence-corrected chi connectivity index (χ4v) is 3.21. The van der Waals surface area contributed by atoms with Crippen LogP contribution in [0.2, 0.25) is 0 Å². The van der Waals surface area contributed by atoms with Crippen molar-refractivity contribution in [2.75, 3.05) is 19.6 Å². The summed E-state index contributed by atoms with van der Waals surface area (Å²) in [6.45, 7) is 6.83. The number of hydrogen-bond donors (Lipinski definition) is 1. The fraction of sp³-hybridized carbons (Fsp3) is 0.643. The number of nitriles is 1. The van der Waals surface area contributed by atoms with Gasteiger partial charge in [0, 0.05) is 17.5 Å². The molecule has 2 heterocycles. The minimum absolute atomic E-state index is 0.644. The first-order valence-corrected chi connectivity index (χ1v) is 7.58. The van der Waals surface area contributed by atoms with Gasteiger partial charge in [0.05, 0.1) is 0 Å². The molecule has 1 N–H and O–H groups in total. The quantitative estimate of drug-likeness (QED) is 0.887. The maximum atomic E-state index is 8.78. The van der Waals surface area contributed by atoms with Crippen LogP contribution >= 0.6 is 11.3 Å². The van der Waals surface area contributed by atoms with Gasteiger partial charge in [0.15, 0.2) is 0 Å². The Morgan fingerprint density at radius 1 is 1.44 bits per heavy atom. The van der Waals surface area contributed by atoms with Crippen molar-refractivity contribution in [2.24, 2.45) is 0 Å². The van der Waals surface area contributed by atoms with E-state index in [0.29, 0.717) is 6.04 Å². The van der Waals surface area contributed by atoms with E-state index >= 15 is 0 Å². The molecular formula is C14H21N3S. The highest BCUT2D eigenvalue weighted by atomic mass is 32.1. The Morgan fingerprint density at radius 2 is 2.22 bits per heavy atom. The molecule has 1 aromatic heterocycles. The minimum Gasteiger partial charge on any atom is -0.309 e. The molecule has 0 saturated carbocycles. The number of likely N-dealkylation sites (tertiary alicyclic amines) is 1. The molecule has 0 atom stereocenters. The standard InChI is InChI=1S/C14H21N3S/c1-2-7-17-8-5-12(6-9-17)16-11-14-4-3-13(10-15)18-14/h3-4,12,16H,2,5-9,11H2,1H3. The summed E-state index contributed by atoms with van der Waals surface area (Å²) in [6, 6.07) is 6.80. The van der Waals surface area contributed by atoms with Gasteiger partial charge >= 0.3 is 0 Å². The van der Waals surface area contributed by atoms with Crippen LogP contribution in [0.4, 0.5) is 0 Å².